The quantitative estimate of drug-likeness (QED) is 0.495. The van der Waals surface area contributed by atoms with Crippen LogP contribution in [0.3, 0.4) is 0 Å². The van der Waals surface area contributed by atoms with Crippen molar-refractivity contribution in [3.8, 4) is 0 Å². The fourth-order valence-corrected chi connectivity index (χ4v) is 0.872. The SMILES string of the molecule is [C]1=NCc2cnccc21. The van der Waals surface area contributed by atoms with Crippen LogP contribution < -0.4 is 0 Å². The van der Waals surface area contributed by atoms with Crippen molar-refractivity contribution in [1.82, 2.24) is 4.98 Å². The van der Waals surface area contributed by atoms with E-state index in [1.165, 1.54) is 5.56 Å². The molecule has 2 rings (SSSR count). The highest BCUT2D eigenvalue weighted by molar-refractivity contribution is 5.83. The Morgan fingerprint density at radius 3 is 3.44 bits per heavy atom. The molecule has 0 saturated heterocycles. The van der Waals surface area contributed by atoms with Gasteiger partial charge in [-0.2, -0.15) is 0 Å². The first-order valence-corrected chi connectivity index (χ1v) is 2.82. The highest BCUT2D eigenvalue weighted by Gasteiger charge is 2.03. The third-order valence-corrected chi connectivity index (χ3v) is 1.35. The molecule has 0 unspecified atom stereocenters. The average Bonchev–Trinajstić information content (AvgIpc) is 2.33. The highest BCUT2D eigenvalue weighted by Crippen LogP contribution is 2.10. The molecule has 0 fully saturated rings. The van der Waals surface area contributed by atoms with Crippen molar-refractivity contribution in [3.63, 3.8) is 0 Å². The van der Waals surface area contributed by atoms with Gasteiger partial charge in [-0.3, -0.25) is 9.98 Å². The van der Waals surface area contributed by atoms with Crippen molar-refractivity contribution < 1.29 is 0 Å². The smallest absolute Gasteiger partial charge is 0.0913 e. The second kappa shape index (κ2) is 1.65. The van der Waals surface area contributed by atoms with E-state index in [0.29, 0.717) is 0 Å². The van der Waals surface area contributed by atoms with Gasteiger partial charge >= 0.3 is 0 Å². The lowest BCUT2D eigenvalue weighted by Crippen LogP contribution is -1.83. The number of hydrogen-bond donors (Lipinski definition) is 0. The molecule has 1 aliphatic heterocycles. The van der Waals surface area contributed by atoms with Gasteiger partial charge in [-0.15, -0.1) is 0 Å². The van der Waals surface area contributed by atoms with Gasteiger partial charge in [0.05, 0.1) is 12.8 Å². The fraction of sp³-hybridized carbons (Fsp3) is 0.143. The molecule has 0 atom stereocenters. The first kappa shape index (κ1) is 4.68. The predicted molar refractivity (Wildman–Crippen MR) is 34.5 cm³/mol. The molecule has 2 heterocycles. The number of aliphatic imine (C=N–C) groups is 1. The van der Waals surface area contributed by atoms with Crippen molar-refractivity contribution in [2.45, 2.75) is 6.54 Å². The lowest BCUT2D eigenvalue weighted by atomic mass is 10.2. The molecule has 0 aliphatic carbocycles. The summed E-state index contributed by atoms with van der Waals surface area (Å²) < 4.78 is 0. The number of nitrogens with zero attached hydrogens (tertiary/aromatic N) is 2. The van der Waals surface area contributed by atoms with E-state index in [-0.39, 0.29) is 0 Å². The third-order valence-electron chi connectivity index (χ3n) is 1.35. The molecule has 0 aromatic carbocycles. The second-order valence-corrected chi connectivity index (χ2v) is 1.96. The summed E-state index contributed by atoms with van der Waals surface area (Å²) in [5.41, 5.74) is 2.27. The number of fused-ring (bicyclic) bond motifs is 1. The molecule has 2 nitrogen and oxygen atoms in total. The van der Waals surface area contributed by atoms with E-state index < -0.39 is 0 Å². The predicted octanol–water partition coefficient (Wildman–Crippen LogP) is 0.891. The summed E-state index contributed by atoms with van der Waals surface area (Å²) in [5.74, 6) is 0. The molecular weight excluding hydrogens is 112 g/mol. The minimum Gasteiger partial charge on any atom is -0.278 e. The summed E-state index contributed by atoms with van der Waals surface area (Å²) in [6, 6.07) is 1.92. The van der Waals surface area contributed by atoms with Gasteiger partial charge in [0.1, 0.15) is 0 Å². The Balaban J connectivity index is 2.63. The summed E-state index contributed by atoms with van der Waals surface area (Å²) in [5, 5.41) is 0. The number of aromatic nitrogens is 1. The molecule has 1 aliphatic rings. The molecule has 0 saturated carbocycles. The Labute approximate surface area is 53.3 Å². The molecule has 0 spiro atoms. The lowest BCUT2D eigenvalue weighted by molar-refractivity contribution is 1.09. The summed E-state index contributed by atoms with van der Waals surface area (Å²) in [6.07, 6.45) is 6.47. The van der Waals surface area contributed by atoms with Gasteiger partial charge in [0.25, 0.3) is 0 Å². The van der Waals surface area contributed by atoms with Crippen molar-refractivity contribution in [1.29, 1.82) is 0 Å². The second-order valence-electron chi connectivity index (χ2n) is 1.96. The Morgan fingerprint density at radius 2 is 2.56 bits per heavy atom. The Morgan fingerprint density at radius 1 is 1.56 bits per heavy atom. The van der Waals surface area contributed by atoms with Crippen LogP contribution in [-0.4, -0.2) is 11.2 Å². The van der Waals surface area contributed by atoms with Crippen LogP contribution in [0.2, 0.25) is 0 Å². The molecule has 1 aromatic rings. The van der Waals surface area contributed by atoms with Crippen LogP contribution >= 0.6 is 0 Å². The monoisotopic (exact) mass is 117 g/mol. The van der Waals surface area contributed by atoms with E-state index in [0.717, 1.165) is 12.1 Å². The molecule has 0 N–H and O–H groups in total. The zero-order valence-electron chi connectivity index (χ0n) is 4.83. The minimum atomic E-state index is 0.753. The lowest BCUT2D eigenvalue weighted by Gasteiger charge is -1.89. The third kappa shape index (κ3) is 0.633. The summed E-state index contributed by atoms with van der Waals surface area (Å²) in [4.78, 5) is 7.92. The van der Waals surface area contributed by atoms with E-state index in [1.54, 1.807) is 6.20 Å². The maximum atomic E-state index is 3.96. The summed E-state index contributed by atoms with van der Waals surface area (Å²) in [7, 11) is 0. The fourth-order valence-electron chi connectivity index (χ4n) is 0.872. The van der Waals surface area contributed by atoms with Crippen molar-refractivity contribution in [2.75, 3.05) is 0 Å². The standard InChI is InChI=1S/C7H5N2/c1-2-8-4-7-5-9-3-6(1)7/h1-2,4H,5H2. The van der Waals surface area contributed by atoms with Gasteiger partial charge in [0.2, 0.25) is 0 Å². The molecule has 2 heteroatoms. The molecule has 1 aromatic heterocycles. The van der Waals surface area contributed by atoms with E-state index in [1.807, 2.05) is 12.3 Å². The molecule has 0 bridgehead atoms. The maximum absolute atomic E-state index is 3.96. The van der Waals surface area contributed by atoms with Crippen LogP contribution in [0.15, 0.2) is 23.5 Å². The van der Waals surface area contributed by atoms with Gasteiger partial charge in [-0.1, -0.05) is 0 Å². The van der Waals surface area contributed by atoms with Crippen LogP contribution in [0, 0.1) is 0 Å². The van der Waals surface area contributed by atoms with E-state index in [2.05, 4.69) is 16.2 Å². The van der Waals surface area contributed by atoms with Gasteiger partial charge in [0, 0.05) is 23.5 Å². The number of rotatable bonds is 0. The number of pyridine rings is 1. The van der Waals surface area contributed by atoms with E-state index >= 15 is 0 Å². The largest absolute Gasteiger partial charge is 0.278 e. The van der Waals surface area contributed by atoms with Crippen LogP contribution in [0.4, 0.5) is 0 Å². The molecular formula is C7H5N2. The van der Waals surface area contributed by atoms with Crippen LogP contribution in [0.25, 0.3) is 0 Å². The summed E-state index contributed by atoms with van der Waals surface area (Å²) >= 11 is 0. The first-order chi connectivity index (χ1) is 4.47. The normalized spacial score (nSPS) is 13.8. The van der Waals surface area contributed by atoms with E-state index in [4.69, 9.17) is 0 Å². The van der Waals surface area contributed by atoms with Gasteiger partial charge in [-0.25, -0.2) is 0 Å². The van der Waals surface area contributed by atoms with Crippen molar-refractivity contribution in [3.05, 3.63) is 29.6 Å². The van der Waals surface area contributed by atoms with Crippen LogP contribution in [0.5, 0.6) is 0 Å². The van der Waals surface area contributed by atoms with Gasteiger partial charge in [-0.05, 0) is 6.07 Å². The molecule has 1 radical (unpaired) electrons. The average molecular weight is 117 g/mol. The van der Waals surface area contributed by atoms with Crippen molar-refractivity contribution >= 4 is 6.21 Å². The maximum Gasteiger partial charge on any atom is 0.0913 e. The Kier molecular flexibility index (Phi) is 0.859. The number of hydrogen-bond acceptors (Lipinski definition) is 2. The first-order valence-electron chi connectivity index (χ1n) is 2.82. The molecule has 0 amide bonds. The van der Waals surface area contributed by atoms with Gasteiger partial charge < -0.3 is 0 Å². The van der Waals surface area contributed by atoms with Crippen molar-refractivity contribution in [2.24, 2.45) is 4.99 Å². The zero-order valence-corrected chi connectivity index (χ0v) is 4.83. The van der Waals surface area contributed by atoms with Crippen LogP contribution in [-0.2, 0) is 6.54 Å². The van der Waals surface area contributed by atoms with E-state index in [9.17, 15) is 0 Å². The molecule has 43 valence electrons. The summed E-state index contributed by atoms with van der Waals surface area (Å²) in [6.45, 7) is 0.753. The molecule has 9 heavy (non-hydrogen) atoms. The zero-order chi connectivity index (χ0) is 6.10. The topological polar surface area (TPSA) is 25.2 Å². The highest BCUT2D eigenvalue weighted by atomic mass is 14.7. The van der Waals surface area contributed by atoms with Gasteiger partial charge in [0.15, 0.2) is 0 Å². The Hall–Kier alpha value is -1.18. The van der Waals surface area contributed by atoms with Crippen LogP contribution in [0.1, 0.15) is 11.1 Å². The Bertz CT molecular complexity index is 253. The minimum absolute atomic E-state index is 0.753.